The molecule has 1 aliphatic heterocycles. The Hall–Kier alpha value is -2.10. The molecule has 0 unspecified atom stereocenters. The molecule has 2 aliphatic rings. The minimum Gasteiger partial charge on any atom is -0.508 e. The van der Waals surface area contributed by atoms with Gasteiger partial charge in [-0.15, -0.1) is 0 Å². The van der Waals surface area contributed by atoms with Crippen LogP contribution in [-0.2, 0) is 19.9 Å². The van der Waals surface area contributed by atoms with Crippen LogP contribution in [0.2, 0.25) is 0 Å². The number of aliphatic hydroxyl groups is 1. The Morgan fingerprint density at radius 2 is 1.61 bits per heavy atom. The quantitative estimate of drug-likeness (QED) is 0.702. The van der Waals surface area contributed by atoms with Crippen LogP contribution in [0, 0.1) is 0 Å². The molecule has 1 saturated carbocycles. The van der Waals surface area contributed by atoms with Crippen molar-refractivity contribution in [2.45, 2.75) is 55.1 Å². The van der Waals surface area contributed by atoms with Gasteiger partial charge in [0.15, 0.2) is 9.84 Å². The van der Waals surface area contributed by atoms with Crippen molar-refractivity contribution in [3.8, 4) is 5.75 Å². The van der Waals surface area contributed by atoms with Gasteiger partial charge in [0.05, 0.1) is 34.2 Å². The van der Waals surface area contributed by atoms with Crippen molar-refractivity contribution in [3.05, 3.63) is 54.1 Å². The molecule has 168 valence electrons. The van der Waals surface area contributed by atoms with Crippen LogP contribution in [0.4, 0.5) is 5.69 Å². The Morgan fingerprint density at radius 1 is 0.935 bits per heavy atom. The van der Waals surface area contributed by atoms with E-state index in [2.05, 4.69) is 0 Å². The van der Waals surface area contributed by atoms with Crippen molar-refractivity contribution in [1.82, 2.24) is 0 Å². The first kappa shape index (κ1) is 22.1. The van der Waals surface area contributed by atoms with Crippen molar-refractivity contribution in [2.24, 2.45) is 0 Å². The number of phenolic OH excluding ortho intramolecular Hbond substituents is 1. The minimum atomic E-state index is -4.19. The highest BCUT2D eigenvalue weighted by atomic mass is 32.2. The summed E-state index contributed by atoms with van der Waals surface area (Å²) in [5, 5.41) is 20.3. The van der Waals surface area contributed by atoms with E-state index in [4.69, 9.17) is 0 Å². The average molecular weight is 466 g/mol. The van der Waals surface area contributed by atoms with Gasteiger partial charge >= 0.3 is 0 Å². The number of nitrogens with zero attached hydrogens (tertiary/aromatic N) is 1. The average Bonchev–Trinajstić information content (AvgIpc) is 3.00. The lowest BCUT2D eigenvalue weighted by atomic mass is 9.84. The van der Waals surface area contributed by atoms with E-state index in [1.807, 2.05) is 12.1 Å². The molecule has 0 radical (unpaired) electrons. The van der Waals surface area contributed by atoms with Gasteiger partial charge < -0.3 is 10.2 Å². The standard InChI is InChI=1S/C22H27NO6S2/c24-19-8-4-7-18(13-19)23(21-14-30(26,27)15-22(21)25)31(28,29)20-11-9-17(10-12-20)16-5-2-1-3-6-16/h4,7-13,16,21-22,24-25H,1-3,5-6,14-15H2/t21-,22+/m1/s1. The molecule has 0 spiro atoms. The van der Waals surface area contributed by atoms with Gasteiger partial charge in [-0.1, -0.05) is 37.5 Å². The lowest BCUT2D eigenvalue weighted by molar-refractivity contribution is 0.184. The van der Waals surface area contributed by atoms with Crippen molar-refractivity contribution in [3.63, 3.8) is 0 Å². The van der Waals surface area contributed by atoms with E-state index in [1.54, 1.807) is 12.1 Å². The molecule has 2 N–H and O–H groups in total. The summed E-state index contributed by atoms with van der Waals surface area (Å²) in [4.78, 5) is 0.0203. The summed E-state index contributed by atoms with van der Waals surface area (Å²) in [7, 11) is -7.78. The van der Waals surface area contributed by atoms with Crippen LogP contribution >= 0.6 is 0 Å². The Labute approximate surface area is 183 Å². The summed E-state index contributed by atoms with van der Waals surface area (Å²) >= 11 is 0. The van der Waals surface area contributed by atoms with Crippen molar-refractivity contribution >= 4 is 25.5 Å². The van der Waals surface area contributed by atoms with E-state index < -0.39 is 43.5 Å². The monoisotopic (exact) mass is 465 g/mol. The zero-order chi connectivity index (χ0) is 22.2. The lowest BCUT2D eigenvalue weighted by Gasteiger charge is -2.31. The maximum atomic E-state index is 13.6. The number of phenols is 1. The molecule has 2 atom stereocenters. The summed E-state index contributed by atoms with van der Waals surface area (Å²) in [6.07, 6.45) is 4.40. The highest BCUT2D eigenvalue weighted by molar-refractivity contribution is 7.93. The van der Waals surface area contributed by atoms with E-state index in [1.165, 1.54) is 43.5 Å². The molecule has 4 rings (SSSR count). The highest BCUT2D eigenvalue weighted by Gasteiger charge is 2.45. The molecule has 1 heterocycles. The maximum absolute atomic E-state index is 13.6. The highest BCUT2D eigenvalue weighted by Crippen LogP contribution is 2.35. The zero-order valence-corrected chi connectivity index (χ0v) is 18.7. The normalized spacial score (nSPS) is 24.2. The Balaban J connectivity index is 1.73. The largest absolute Gasteiger partial charge is 0.508 e. The number of benzene rings is 2. The summed E-state index contributed by atoms with van der Waals surface area (Å²) < 4.78 is 52.4. The molecule has 2 aromatic rings. The minimum absolute atomic E-state index is 0.0203. The van der Waals surface area contributed by atoms with E-state index in [0.717, 1.165) is 22.7 Å². The van der Waals surface area contributed by atoms with E-state index in [9.17, 15) is 27.0 Å². The van der Waals surface area contributed by atoms with E-state index in [-0.39, 0.29) is 16.3 Å². The summed E-state index contributed by atoms with van der Waals surface area (Å²) in [6, 6.07) is 11.2. The molecule has 7 nitrogen and oxygen atoms in total. The SMILES string of the molecule is O=S1(=O)C[C@@H](N(c2cccc(O)c2)S(=O)(=O)c2ccc(C3CCCCC3)cc2)[C@@H](O)C1. The van der Waals surface area contributed by atoms with Crippen LogP contribution in [0.1, 0.15) is 43.6 Å². The maximum Gasteiger partial charge on any atom is 0.264 e. The third-order valence-electron chi connectivity index (χ3n) is 6.19. The lowest BCUT2D eigenvalue weighted by Crippen LogP contribution is -2.47. The van der Waals surface area contributed by atoms with Crippen LogP contribution in [0.25, 0.3) is 0 Å². The zero-order valence-electron chi connectivity index (χ0n) is 17.1. The molecular formula is C22H27NO6S2. The fraction of sp³-hybridized carbons (Fsp3) is 0.455. The number of sulfonamides is 1. The molecule has 1 saturated heterocycles. The Kier molecular flexibility index (Phi) is 6.02. The first-order valence-electron chi connectivity index (χ1n) is 10.5. The number of hydrogen-bond acceptors (Lipinski definition) is 6. The topological polar surface area (TPSA) is 112 Å². The summed E-state index contributed by atoms with van der Waals surface area (Å²) in [5.41, 5.74) is 1.21. The number of anilines is 1. The van der Waals surface area contributed by atoms with Gasteiger partial charge in [0.2, 0.25) is 0 Å². The van der Waals surface area contributed by atoms with Gasteiger partial charge in [0, 0.05) is 6.07 Å². The third kappa shape index (κ3) is 4.58. The molecule has 9 heteroatoms. The molecule has 0 amide bonds. The van der Waals surface area contributed by atoms with Crippen LogP contribution in [-0.4, -0.2) is 50.7 Å². The number of aromatic hydroxyl groups is 1. The number of hydrogen-bond donors (Lipinski definition) is 2. The molecule has 31 heavy (non-hydrogen) atoms. The predicted molar refractivity (Wildman–Crippen MR) is 118 cm³/mol. The number of rotatable bonds is 5. The third-order valence-corrected chi connectivity index (χ3v) is 9.76. The van der Waals surface area contributed by atoms with E-state index >= 15 is 0 Å². The van der Waals surface area contributed by atoms with Crippen molar-refractivity contribution < 1.29 is 27.0 Å². The smallest absolute Gasteiger partial charge is 0.264 e. The number of sulfone groups is 1. The summed E-state index contributed by atoms with van der Waals surface area (Å²) in [5.74, 6) is -0.707. The molecule has 0 aromatic heterocycles. The van der Waals surface area contributed by atoms with Gasteiger partial charge in [-0.2, -0.15) is 0 Å². The molecule has 2 aromatic carbocycles. The van der Waals surface area contributed by atoms with Gasteiger partial charge in [-0.3, -0.25) is 4.31 Å². The Bertz CT molecular complexity index is 1140. The molecule has 0 bridgehead atoms. The first-order valence-corrected chi connectivity index (χ1v) is 13.8. The second-order valence-corrected chi connectivity index (χ2v) is 12.4. The van der Waals surface area contributed by atoms with Crippen molar-refractivity contribution in [1.29, 1.82) is 0 Å². The second-order valence-electron chi connectivity index (χ2n) is 8.44. The van der Waals surface area contributed by atoms with Gasteiger partial charge in [-0.05, 0) is 48.6 Å². The van der Waals surface area contributed by atoms with Crippen molar-refractivity contribution in [2.75, 3.05) is 15.8 Å². The summed E-state index contributed by atoms with van der Waals surface area (Å²) in [6.45, 7) is 0. The van der Waals surface area contributed by atoms with E-state index in [0.29, 0.717) is 5.92 Å². The van der Waals surface area contributed by atoms with Gasteiger partial charge in [-0.25, -0.2) is 16.8 Å². The predicted octanol–water partition coefficient (Wildman–Crippen LogP) is 2.79. The van der Waals surface area contributed by atoms with Crippen LogP contribution in [0.5, 0.6) is 5.75 Å². The second kappa shape index (κ2) is 8.44. The molecule has 2 fully saturated rings. The van der Waals surface area contributed by atoms with Gasteiger partial charge in [0.25, 0.3) is 10.0 Å². The first-order chi connectivity index (χ1) is 14.7. The van der Waals surface area contributed by atoms with Crippen LogP contribution in [0.15, 0.2) is 53.4 Å². The van der Waals surface area contributed by atoms with Gasteiger partial charge in [0.1, 0.15) is 5.75 Å². The number of aliphatic hydroxyl groups excluding tert-OH is 1. The molecular weight excluding hydrogens is 438 g/mol. The fourth-order valence-electron chi connectivity index (χ4n) is 4.63. The van der Waals surface area contributed by atoms with Crippen LogP contribution in [0.3, 0.4) is 0 Å². The Morgan fingerprint density at radius 3 is 2.19 bits per heavy atom. The fourth-order valence-corrected chi connectivity index (χ4v) is 8.17. The van der Waals surface area contributed by atoms with Crippen LogP contribution < -0.4 is 4.31 Å². The molecule has 1 aliphatic carbocycles.